The largest absolute Gasteiger partial charge is 0.490 e. The van der Waals surface area contributed by atoms with Gasteiger partial charge in [0, 0.05) is 19.0 Å². The summed E-state index contributed by atoms with van der Waals surface area (Å²) in [5, 5.41) is 18.2. The molecule has 3 N–H and O–H groups in total. The maximum atomic E-state index is 9.10. The highest BCUT2D eigenvalue weighted by atomic mass is 16.5. The van der Waals surface area contributed by atoms with Crippen LogP contribution in [0.25, 0.3) is 0 Å². The summed E-state index contributed by atoms with van der Waals surface area (Å²) in [6.07, 6.45) is 7.56. The van der Waals surface area contributed by atoms with E-state index in [4.69, 9.17) is 34.0 Å². The first-order valence-corrected chi connectivity index (χ1v) is 11.8. The summed E-state index contributed by atoms with van der Waals surface area (Å²) in [5.74, 6) is 0.241. The number of nitrogens with one attached hydrogen (secondary N) is 1. The molecule has 2 aromatic rings. The van der Waals surface area contributed by atoms with Gasteiger partial charge in [-0.05, 0) is 62.4 Å². The van der Waals surface area contributed by atoms with Gasteiger partial charge < -0.3 is 29.7 Å². The molecule has 0 amide bonds. The van der Waals surface area contributed by atoms with E-state index in [2.05, 4.69) is 41.7 Å². The number of carboxylic acids is 2. The minimum atomic E-state index is -1.82. The summed E-state index contributed by atoms with van der Waals surface area (Å²) in [7, 11) is 0. The van der Waals surface area contributed by atoms with Crippen molar-refractivity contribution in [3.8, 4) is 17.2 Å². The normalized spacial score (nSPS) is 19.7. The van der Waals surface area contributed by atoms with Crippen molar-refractivity contribution in [2.45, 2.75) is 45.4 Å². The molecule has 0 aliphatic heterocycles. The lowest BCUT2D eigenvalue weighted by molar-refractivity contribution is -0.159. The molecule has 0 aromatic heterocycles. The third-order valence-corrected chi connectivity index (χ3v) is 5.66. The second-order valence-corrected chi connectivity index (χ2v) is 8.83. The number of hydrogen-bond donors (Lipinski definition) is 3. The quantitative estimate of drug-likeness (QED) is 0.262. The highest BCUT2D eigenvalue weighted by Gasteiger charge is 2.37. The van der Waals surface area contributed by atoms with E-state index in [9.17, 15) is 0 Å². The van der Waals surface area contributed by atoms with E-state index in [0.29, 0.717) is 18.6 Å². The molecule has 2 aliphatic rings. The van der Waals surface area contributed by atoms with Crippen molar-refractivity contribution in [1.82, 2.24) is 5.32 Å². The van der Waals surface area contributed by atoms with Gasteiger partial charge in [0.15, 0.2) is 11.5 Å². The molecule has 8 nitrogen and oxygen atoms in total. The summed E-state index contributed by atoms with van der Waals surface area (Å²) in [5.41, 5.74) is 1.23. The first kappa shape index (κ1) is 26.1. The number of benzene rings is 2. The molecule has 188 valence electrons. The second kappa shape index (κ2) is 12.8. The Kier molecular flexibility index (Phi) is 9.55. The van der Waals surface area contributed by atoms with Crippen LogP contribution in [0.15, 0.2) is 60.7 Å². The van der Waals surface area contributed by atoms with E-state index < -0.39 is 11.9 Å². The van der Waals surface area contributed by atoms with Crippen LogP contribution in [-0.2, 0) is 16.1 Å². The maximum Gasteiger partial charge on any atom is 0.414 e. The van der Waals surface area contributed by atoms with Crippen molar-refractivity contribution in [1.29, 1.82) is 0 Å². The van der Waals surface area contributed by atoms with Crippen molar-refractivity contribution in [2.24, 2.45) is 11.8 Å². The molecule has 3 atom stereocenters. The molecule has 8 heteroatoms. The second-order valence-electron chi connectivity index (χ2n) is 8.83. The zero-order valence-corrected chi connectivity index (χ0v) is 20.1. The molecule has 1 saturated carbocycles. The van der Waals surface area contributed by atoms with E-state index in [-0.39, 0.29) is 6.10 Å². The monoisotopic (exact) mass is 483 g/mol. The van der Waals surface area contributed by atoms with Gasteiger partial charge in [-0.15, -0.1) is 0 Å². The third-order valence-electron chi connectivity index (χ3n) is 5.66. The van der Waals surface area contributed by atoms with Crippen molar-refractivity contribution < 1.29 is 34.0 Å². The standard InChI is InChI=1S/C25H31NO3.C2H2O4/c1-18(2)28-24-9-4-3-8-23(24)27-13-12-26-17-20-6-5-7-22(15-20)29-25-16-19-10-11-21(25)14-19;3-1(4)2(5)6/h3-11,15,18-19,21,25-26H,12-14,16-17H2,1-2H3;(H,3,4)(H,5,6). The number of carbonyl (C=O) groups is 2. The lowest BCUT2D eigenvalue weighted by Crippen LogP contribution is -2.22. The number of carboxylic acid groups (broad SMARTS) is 2. The molecule has 0 heterocycles. The predicted molar refractivity (Wildman–Crippen MR) is 131 cm³/mol. The van der Waals surface area contributed by atoms with Gasteiger partial charge in [0.25, 0.3) is 0 Å². The molecule has 2 bridgehead atoms. The fourth-order valence-electron chi connectivity index (χ4n) is 4.16. The summed E-state index contributed by atoms with van der Waals surface area (Å²) in [4.78, 5) is 18.2. The minimum Gasteiger partial charge on any atom is -0.490 e. The number of allylic oxidation sites excluding steroid dienone is 1. The van der Waals surface area contributed by atoms with Gasteiger partial charge >= 0.3 is 11.9 Å². The molecule has 35 heavy (non-hydrogen) atoms. The van der Waals surface area contributed by atoms with Gasteiger partial charge in [0.2, 0.25) is 0 Å². The summed E-state index contributed by atoms with van der Waals surface area (Å²) < 4.78 is 18.0. The third kappa shape index (κ3) is 8.33. The van der Waals surface area contributed by atoms with Gasteiger partial charge in [0.1, 0.15) is 18.5 Å². The molecule has 2 aromatic carbocycles. The number of fused-ring (bicyclic) bond motifs is 2. The Morgan fingerprint density at radius 1 is 1.00 bits per heavy atom. The van der Waals surface area contributed by atoms with Crippen molar-refractivity contribution in [3.63, 3.8) is 0 Å². The van der Waals surface area contributed by atoms with Crippen LogP contribution in [0.4, 0.5) is 0 Å². The molecule has 1 fully saturated rings. The van der Waals surface area contributed by atoms with E-state index in [1.807, 2.05) is 38.1 Å². The number of ether oxygens (including phenoxy) is 3. The molecule has 3 unspecified atom stereocenters. The molecule has 0 radical (unpaired) electrons. The zero-order chi connectivity index (χ0) is 25.2. The van der Waals surface area contributed by atoms with E-state index in [1.54, 1.807) is 0 Å². The summed E-state index contributed by atoms with van der Waals surface area (Å²) in [6, 6.07) is 16.2. The molecular formula is C27H33NO7. The van der Waals surface area contributed by atoms with Crippen molar-refractivity contribution >= 4 is 11.9 Å². The van der Waals surface area contributed by atoms with Crippen LogP contribution in [0.1, 0.15) is 32.3 Å². The smallest absolute Gasteiger partial charge is 0.414 e. The lowest BCUT2D eigenvalue weighted by Gasteiger charge is -2.20. The lowest BCUT2D eigenvalue weighted by atomic mass is 10.0. The number of hydrogen-bond acceptors (Lipinski definition) is 6. The van der Waals surface area contributed by atoms with Crippen LogP contribution >= 0.6 is 0 Å². The predicted octanol–water partition coefficient (Wildman–Crippen LogP) is 4.14. The van der Waals surface area contributed by atoms with E-state index in [0.717, 1.165) is 42.7 Å². The summed E-state index contributed by atoms with van der Waals surface area (Å²) in [6.45, 7) is 6.18. The Balaban J connectivity index is 0.000000509. The average Bonchev–Trinajstić information content (AvgIpc) is 3.43. The first-order chi connectivity index (χ1) is 16.8. The van der Waals surface area contributed by atoms with Crippen LogP contribution in [0.2, 0.25) is 0 Å². The SMILES string of the molecule is CC(C)Oc1ccccc1OCCNCc1cccc(OC2CC3C=CC2C3)c1.O=C(O)C(=O)O. The van der Waals surface area contributed by atoms with E-state index >= 15 is 0 Å². The number of aliphatic carboxylic acids is 2. The maximum absolute atomic E-state index is 9.10. The fourth-order valence-corrected chi connectivity index (χ4v) is 4.16. The summed E-state index contributed by atoms with van der Waals surface area (Å²) >= 11 is 0. The van der Waals surface area contributed by atoms with Gasteiger partial charge in [-0.2, -0.15) is 0 Å². The van der Waals surface area contributed by atoms with Crippen LogP contribution in [0, 0.1) is 11.8 Å². The Bertz CT molecular complexity index is 1010. The van der Waals surface area contributed by atoms with E-state index in [1.165, 1.54) is 12.0 Å². The first-order valence-electron chi connectivity index (χ1n) is 11.8. The van der Waals surface area contributed by atoms with Crippen LogP contribution < -0.4 is 19.5 Å². The Labute approximate surface area is 205 Å². The molecule has 0 spiro atoms. The Morgan fingerprint density at radius 3 is 2.37 bits per heavy atom. The Morgan fingerprint density at radius 2 is 1.74 bits per heavy atom. The van der Waals surface area contributed by atoms with Gasteiger partial charge in [0.05, 0.1) is 6.10 Å². The average molecular weight is 484 g/mol. The molecule has 4 rings (SSSR count). The van der Waals surface area contributed by atoms with Crippen LogP contribution in [0.3, 0.4) is 0 Å². The highest BCUT2D eigenvalue weighted by molar-refractivity contribution is 6.27. The molecular weight excluding hydrogens is 450 g/mol. The highest BCUT2D eigenvalue weighted by Crippen LogP contribution is 2.41. The number of rotatable bonds is 10. The molecule has 0 saturated heterocycles. The van der Waals surface area contributed by atoms with Gasteiger partial charge in [-0.1, -0.05) is 36.4 Å². The fraction of sp³-hybridized carbons (Fsp3) is 0.407. The zero-order valence-electron chi connectivity index (χ0n) is 20.1. The topological polar surface area (TPSA) is 114 Å². The number of para-hydroxylation sites is 2. The van der Waals surface area contributed by atoms with Crippen LogP contribution in [-0.4, -0.2) is 47.5 Å². The van der Waals surface area contributed by atoms with Gasteiger partial charge in [-0.3, -0.25) is 0 Å². The van der Waals surface area contributed by atoms with Crippen LogP contribution in [0.5, 0.6) is 17.2 Å². The van der Waals surface area contributed by atoms with Gasteiger partial charge in [-0.25, -0.2) is 9.59 Å². The minimum absolute atomic E-state index is 0.128. The Hall–Kier alpha value is -3.52. The van der Waals surface area contributed by atoms with Crippen molar-refractivity contribution in [2.75, 3.05) is 13.2 Å². The van der Waals surface area contributed by atoms with Crippen molar-refractivity contribution in [3.05, 3.63) is 66.2 Å². The molecule has 2 aliphatic carbocycles.